The molecular weight excluding hydrogens is 236 g/mol. The van der Waals surface area contributed by atoms with E-state index in [1.165, 1.54) is 0 Å². The second-order valence-electron chi connectivity index (χ2n) is 3.93. The summed E-state index contributed by atoms with van der Waals surface area (Å²) in [6.45, 7) is 0. The Bertz CT molecular complexity index is 340. The van der Waals surface area contributed by atoms with Crippen molar-refractivity contribution >= 4 is 21.6 Å². The van der Waals surface area contributed by atoms with Gasteiger partial charge in [0.2, 0.25) is 10.0 Å². The Kier molecular flexibility index (Phi) is 4.38. The third-order valence-electron chi connectivity index (χ3n) is 2.67. The van der Waals surface area contributed by atoms with Crippen LogP contribution in [0, 0.1) is 11.3 Å². The topological polar surface area (TPSA) is 70.0 Å². The van der Waals surface area contributed by atoms with E-state index in [0.717, 1.165) is 25.7 Å². The summed E-state index contributed by atoms with van der Waals surface area (Å²) in [4.78, 5) is 0. The molecule has 0 aromatic rings. The number of alkyl halides is 1. The van der Waals surface area contributed by atoms with Gasteiger partial charge >= 0.3 is 0 Å². The average molecular weight is 251 g/mol. The van der Waals surface area contributed by atoms with Gasteiger partial charge in [-0.15, -0.1) is 11.6 Å². The Labute approximate surface area is 95.7 Å². The second-order valence-corrected chi connectivity index (χ2v) is 6.24. The lowest BCUT2D eigenvalue weighted by atomic mass is 9.94. The fourth-order valence-corrected chi connectivity index (χ4v) is 2.96. The predicted octanol–water partition coefficient (Wildman–Crippen LogP) is 1.72. The van der Waals surface area contributed by atoms with Gasteiger partial charge in [-0.3, -0.25) is 0 Å². The first-order valence-electron chi connectivity index (χ1n) is 5.02. The van der Waals surface area contributed by atoms with Crippen LogP contribution in [-0.4, -0.2) is 19.2 Å². The number of hydrogen-bond donors (Lipinski definition) is 1. The summed E-state index contributed by atoms with van der Waals surface area (Å²) in [5.41, 5.74) is -0.926. The molecule has 0 radical (unpaired) electrons. The van der Waals surface area contributed by atoms with E-state index in [0.29, 0.717) is 12.8 Å². The Morgan fingerprint density at radius 1 is 1.27 bits per heavy atom. The van der Waals surface area contributed by atoms with Gasteiger partial charge in [0.25, 0.3) is 0 Å². The number of hydrogen-bond acceptors (Lipinski definition) is 3. The van der Waals surface area contributed by atoms with E-state index in [1.54, 1.807) is 0 Å². The van der Waals surface area contributed by atoms with Crippen LogP contribution in [-0.2, 0) is 10.0 Å². The molecule has 1 rings (SSSR count). The quantitative estimate of drug-likeness (QED) is 0.613. The van der Waals surface area contributed by atoms with Gasteiger partial charge in [0.05, 0.1) is 6.07 Å². The Morgan fingerprint density at radius 3 is 2.20 bits per heavy atom. The molecule has 1 aliphatic rings. The number of halogens is 1. The zero-order valence-corrected chi connectivity index (χ0v) is 10.1. The van der Waals surface area contributed by atoms with Crippen molar-refractivity contribution in [3.8, 4) is 6.07 Å². The Balaban J connectivity index is 2.80. The number of nitriles is 1. The van der Waals surface area contributed by atoms with Crippen LogP contribution in [0.2, 0.25) is 0 Å². The van der Waals surface area contributed by atoms with E-state index in [4.69, 9.17) is 16.9 Å². The molecule has 0 aromatic carbocycles. The molecule has 1 fully saturated rings. The molecular formula is C9H15ClN2O2S. The van der Waals surface area contributed by atoms with Crippen molar-refractivity contribution in [1.82, 2.24) is 4.72 Å². The van der Waals surface area contributed by atoms with Crippen molar-refractivity contribution < 1.29 is 8.42 Å². The first kappa shape index (κ1) is 12.8. The summed E-state index contributed by atoms with van der Waals surface area (Å²) in [6.07, 6.45) is 5.06. The fourth-order valence-electron chi connectivity index (χ4n) is 1.89. The number of sulfonamides is 1. The minimum absolute atomic E-state index is 0.490. The van der Waals surface area contributed by atoms with E-state index in [1.807, 2.05) is 0 Å². The van der Waals surface area contributed by atoms with Crippen LogP contribution in [0.1, 0.15) is 38.5 Å². The second kappa shape index (κ2) is 5.15. The number of nitrogens with zero attached hydrogens (tertiary/aromatic N) is 1. The standard InChI is InChI=1S/C9H15ClN2O2S/c10-8-15(13,14)12-9(7-11)5-3-1-2-4-6-9/h12H,1-6,8H2. The first-order chi connectivity index (χ1) is 7.04. The van der Waals surface area contributed by atoms with Gasteiger partial charge in [-0.1, -0.05) is 25.7 Å². The molecule has 0 unspecified atom stereocenters. The van der Waals surface area contributed by atoms with Crippen LogP contribution in [0.3, 0.4) is 0 Å². The molecule has 6 heteroatoms. The molecule has 15 heavy (non-hydrogen) atoms. The lowest BCUT2D eigenvalue weighted by molar-refractivity contribution is 0.423. The van der Waals surface area contributed by atoms with Crippen molar-refractivity contribution in [2.45, 2.75) is 44.1 Å². The lowest BCUT2D eigenvalue weighted by Gasteiger charge is -2.25. The highest BCUT2D eigenvalue weighted by Crippen LogP contribution is 2.27. The maximum atomic E-state index is 11.3. The largest absolute Gasteiger partial charge is 0.227 e. The molecule has 0 aliphatic heterocycles. The molecule has 1 aliphatic carbocycles. The molecule has 0 amide bonds. The van der Waals surface area contributed by atoms with Crippen LogP contribution < -0.4 is 4.72 Å². The normalized spacial score (nSPS) is 21.6. The molecule has 1 N–H and O–H groups in total. The molecule has 0 bridgehead atoms. The number of rotatable bonds is 3. The summed E-state index contributed by atoms with van der Waals surface area (Å²) < 4.78 is 25.1. The van der Waals surface area contributed by atoms with Crippen LogP contribution >= 0.6 is 11.6 Å². The van der Waals surface area contributed by atoms with E-state index in [-0.39, 0.29) is 0 Å². The zero-order valence-electron chi connectivity index (χ0n) is 8.50. The summed E-state index contributed by atoms with van der Waals surface area (Å²) >= 11 is 5.31. The van der Waals surface area contributed by atoms with E-state index >= 15 is 0 Å². The molecule has 1 saturated carbocycles. The summed E-state index contributed by atoms with van der Waals surface area (Å²) in [7, 11) is -3.51. The third kappa shape index (κ3) is 3.63. The first-order valence-corrected chi connectivity index (χ1v) is 7.21. The van der Waals surface area contributed by atoms with Gasteiger partial charge in [-0.25, -0.2) is 8.42 Å². The smallest absolute Gasteiger partial charge is 0.211 e. The van der Waals surface area contributed by atoms with Gasteiger partial charge < -0.3 is 0 Å². The highest BCUT2D eigenvalue weighted by molar-refractivity contribution is 7.90. The van der Waals surface area contributed by atoms with E-state index < -0.39 is 20.8 Å². The average Bonchev–Trinajstić information content (AvgIpc) is 2.44. The minimum Gasteiger partial charge on any atom is -0.211 e. The monoisotopic (exact) mass is 250 g/mol. The van der Waals surface area contributed by atoms with Crippen molar-refractivity contribution in [1.29, 1.82) is 5.26 Å². The number of nitrogens with one attached hydrogen (secondary N) is 1. The van der Waals surface area contributed by atoms with Gasteiger partial charge in [-0.05, 0) is 12.8 Å². The zero-order chi connectivity index (χ0) is 11.4. The van der Waals surface area contributed by atoms with Crippen LogP contribution in [0.4, 0.5) is 0 Å². The van der Waals surface area contributed by atoms with Crippen LogP contribution in [0.5, 0.6) is 0 Å². The predicted molar refractivity (Wildman–Crippen MR) is 58.8 cm³/mol. The highest BCUT2D eigenvalue weighted by atomic mass is 35.5. The van der Waals surface area contributed by atoms with Gasteiger partial charge in [0.1, 0.15) is 10.8 Å². The molecule has 0 aromatic heterocycles. The molecule has 0 spiro atoms. The Hall–Kier alpha value is -0.310. The molecule has 86 valence electrons. The van der Waals surface area contributed by atoms with E-state index in [2.05, 4.69) is 10.8 Å². The van der Waals surface area contributed by atoms with Gasteiger partial charge in [-0.2, -0.15) is 9.98 Å². The molecule has 0 atom stereocenters. The van der Waals surface area contributed by atoms with Crippen LogP contribution in [0.15, 0.2) is 0 Å². The maximum Gasteiger partial charge on any atom is 0.227 e. The highest BCUT2D eigenvalue weighted by Gasteiger charge is 2.34. The van der Waals surface area contributed by atoms with Crippen molar-refractivity contribution in [3.05, 3.63) is 0 Å². The molecule has 0 heterocycles. The van der Waals surface area contributed by atoms with Crippen molar-refractivity contribution in [2.75, 3.05) is 5.21 Å². The van der Waals surface area contributed by atoms with Crippen LogP contribution in [0.25, 0.3) is 0 Å². The summed E-state index contributed by atoms with van der Waals surface area (Å²) in [5, 5.41) is 8.62. The maximum absolute atomic E-state index is 11.3. The summed E-state index contributed by atoms with van der Waals surface area (Å²) in [6, 6.07) is 2.10. The SMILES string of the molecule is N#CC1(NS(=O)(=O)CCl)CCCCCC1. The minimum atomic E-state index is -3.51. The molecule has 0 saturated heterocycles. The Morgan fingerprint density at radius 2 is 1.80 bits per heavy atom. The van der Waals surface area contributed by atoms with Gasteiger partial charge in [0.15, 0.2) is 0 Å². The van der Waals surface area contributed by atoms with Crippen molar-refractivity contribution in [2.24, 2.45) is 0 Å². The third-order valence-corrected chi connectivity index (χ3v) is 4.52. The lowest BCUT2D eigenvalue weighted by Crippen LogP contribution is -2.47. The summed E-state index contributed by atoms with van der Waals surface area (Å²) in [5.74, 6) is 0. The van der Waals surface area contributed by atoms with Crippen molar-refractivity contribution in [3.63, 3.8) is 0 Å². The van der Waals surface area contributed by atoms with Gasteiger partial charge in [0, 0.05) is 0 Å². The molecule has 4 nitrogen and oxygen atoms in total. The van der Waals surface area contributed by atoms with E-state index in [9.17, 15) is 8.42 Å². The fraction of sp³-hybridized carbons (Fsp3) is 0.889.